The fourth-order valence-corrected chi connectivity index (χ4v) is 2.81. The van der Waals surface area contributed by atoms with Crippen molar-refractivity contribution in [1.82, 2.24) is 0 Å². The third kappa shape index (κ3) is 2.12. The molecule has 3 aromatic rings. The van der Waals surface area contributed by atoms with Crippen molar-refractivity contribution in [3.63, 3.8) is 0 Å². The zero-order chi connectivity index (χ0) is 14.1. The van der Waals surface area contributed by atoms with Crippen LogP contribution < -0.4 is 10.4 Å². The Labute approximate surface area is 124 Å². The molecular formula is C21H14. The largest absolute Gasteiger partial charge is 0.145 e. The molecular weight excluding hydrogens is 252 g/mol. The SMILES string of the molecule is [C+](c1ccccc1)=c1c2c(cc3ccccc13)[CH-]C=CC=2. The minimum Gasteiger partial charge on any atom is -0.145 e. The van der Waals surface area contributed by atoms with Gasteiger partial charge in [0.2, 0.25) is 0 Å². The number of allylic oxidation sites excluding steroid dienone is 2. The van der Waals surface area contributed by atoms with Gasteiger partial charge in [0.05, 0.1) is 5.22 Å². The molecule has 21 heavy (non-hydrogen) atoms. The standard InChI is InChI=1S/C21H14/c1-2-8-16(9-3-1)14-21-19-12-6-4-10-17(19)15-18-11-5-7-13-20(18)21/h1-13,15H. The molecule has 0 saturated carbocycles. The van der Waals surface area contributed by atoms with E-state index in [1.165, 1.54) is 26.8 Å². The van der Waals surface area contributed by atoms with Gasteiger partial charge in [0, 0.05) is 17.5 Å². The molecule has 0 N–H and O–H groups in total. The molecule has 0 heterocycles. The maximum absolute atomic E-state index is 3.59. The van der Waals surface area contributed by atoms with Gasteiger partial charge in [-0.05, 0) is 35.7 Å². The lowest BCUT2D eigenvalue weighted by molar-refractivity contribution is 1.42. The molecule has 4 rings (SSSR count). The molecule has 3 aromatic carbocycles. The van der Waals surface area contributed by atoms with Crippen LogP contribution in [0.3, 0.4) is 0 Å². The maximum Gasteiger partial charge on any atom is 0.120 e. The Morgan fingerprint density at radius 2 is 1.67 bits per heavy atom. The van der Waals surface area contributed by atoms with E-state index in [2.05, 4.69) is 85.3 Å². The molecule has 1 aliphatic carbocycles. The first-order valence-corrected chi connectivity index (χ1v) is 7.14. The molecule has 0 aliphatic heterocycles. The number of benzene rings is 3. The molecule has 0 fully saturated rings. The van der Waals surface area contributed by atoms with Gasteiger partial charge >= 0.3 is 0 Å². The van der Waals surface area contributed by atoms with E-state index in [1.807, 2.05) is 6.07 Å². The van der Waals surface area contributed by atoms with Crippen LogP contribution in [0.15, 0.2) is 72.8 Å². The van der Waals surface area contributed by atoms with Crippen LogP contribution in [0, 0.1) is 6.42 Å². The van der Waals surface area contributed by atoms with Gasteiger partial charge in [0.25, 0.3) is 0 Å². The Hall–Kier alpha value is -2.82. The summed E-state index contributed by atoms with van der Waals surface area (Å²) in [4.78, 5) is 0. The lowest BCUT2D eigenvalue weighted by Crippen LogP contribution is -2.30. The van der Waals surface area contributed by atoms with Crippen LogP contribution in [0.1, 0.15) is 11.1 Å². The molecule has 0 aromatic heterocycles. The molecule has 0 saturated heterocycles. The molecule has 0 atom stereocenters. The molecule has 1 aliphatic rings. The minimum atomic E-state index is 1.11. The highest BCUT2D eigenvalue weighted by Gasteiger charge is 2.03. The van der Waals surface area contributed by atoms with Crippen LogP contribution in [0.2, 0.25) is 0 Å². The second-order valence-corrected chi connectivity index (χ2v) is 5.18. The van der Waals surface area contributed by atoms with E-state index in [0.29, 0.717) is 0 Å². The first-order chi connectivity index (χ1) is 10.4. The Morgan fingerprint density at radius 3 is 2.57 bits per heavy atom. The highest BCUT2D eigenvalue weighted by Crippen LogP contribution is 2.13. The quantitative estimate of drug-likeness (QED) is 0.592. The topological polar surface area (TPSA) is 0 Å². The summed E-state index contributed by atoms with van der Waals surface area (Å²) < 4.78 is 0. The van der Waals surface area contributed by atoms with Crippen LogP contribution in [0.5, 0.6) is 0 Å². The smallest absolute Gasteiger partial charge is 0.120 e. The number of hydrogen-bond acceptors (Lipinski definition) is 0. The van der Waals surface area contributed by atoms with Gasteiger partial charge in [0.1, 0.15) is 5.56 Å². The molecule has 0 heteroatoms. The molecule has 0 bridgehead atoms. The van der Waals surface area contributed by atoms with E-state index >= 15 is 0 Å². The minimum absolute atomic E-state index is 1.11. The van der Waals surface area contributed by atoms with Gasteiger partial charge < -0.3 is 0 Å². The zero-order valence-electron chi connectivity index (χ0n) is 11.6. The second kappa shape index (κ2) is 4.94. The Morgan fingerprint density at radius 1 is 0.857 bits per heavy atom. The normalized spacial score (nSPS) is 13.2. The fourth-order valence-electron chi connectivity index (χ4n) is 2.81. The van der Waals surface area contributed by atoms with Crippen LogP contribution in [-0.2, 0) is 0 Å². The highest BCUT2D eigenvalue weighted by atomic mass is 14.1. The fraction of sp³-hybridized carbons (Fsp3) is 0. The lowest BCUT2D eigenvalue weighted by atomic mass is 9.96. The molecule has 0 nitrogen and oxygen atoms in total. The number of hydrogen-bond donors (Lipinski definition) is 0. The van der Waals surface area contributed by atoms with Crippen molar-refractivity contribution in [3.05, 3.63) is 101 Å². The third-order valence-electron chi connectivity index (χ3n) is 3.81. The van der Waals surface area contributed by atoms with Crippen molar-refractivity contribution in [2.75, 3.05) is 0 Å². The Kier molecular flexibility index (Phi) is 2.81. The van der Waals surface area contributed by atoms with Crippen LogP contribution in [0.4, 0.5) is 0 Å². The average molecular weight is 266 g/mol. The number of rotatable bonds is 1. The van der Waals surface area contributed by atoms with Crippen molar-refractivity contribution >= 4 is 22.9 Å². The van der Waals surface area contributed by atoms with Crippen LogP contribution >= 0.6 is 0 Å². The second-order valence-electron chi connectivity index (χ2n) is 5.18. The summed E-state index contributed by atoms with van der Waals surface area (Å²) in [7, 11) is 0. The van der Waals surface area contributed by atoms with E-state index in [9.17, 15) is 0 Å². The van der Waals surface area contributed by atoms with Crippen LogP contribution in [-0.4, -0.2) is 0 Å². The first kappa shape index (κ1) is 12.0. The Bertz CT molecular complexity index is 944. The highest BCUT2D eigenvalue weighted by molar-refractivity contribution is 5.86. The van der Waals surface area contributed by atoms with Gasteiger partial charge in [-0.15, -0.1) is 36.3 Å². The summed E-state index contributed by atoms with van der Waals surface area (Å²) in [5, 5.41) is 4.93. The molecule has 0 amide bonds. The van der Waals surface area contributed by atoms with Gasteiger partial charge in [-0.2, -0.15) is 0 Å². The van der Waals surface area contributed by atoms with Gasteiger partial charge in [-0.1, -0.05) is 23.4 Å². The van der Waals surface area contributed by atoms with Gasteiger partial charge in [0.15, 0.2) is 0 Å². The van der Waals surface area contributed by atoms with E-state index in [1.54, 1.807) is 0 Å². The zero-order valence-corrected chi connectivity index (χ0v) is 11.6. The summed E-state index contributed by atoms with van der Waals surface area (Å²) in [6.45, 7) is 0. The summed E-state index contributed by atoms with van der Waals surface area (Å²) in [5.41, 5.74) is 2.37. The van der Waals surface area contributed by atoms with Crippen molar-refractivity contribution in [2.45, 2.75) is 0 Å². The average Bonchev–Trinajstić information content (AvgIpc) is 2.55. The molecule has 0 unspecified atom stereocenters. The van der Waals surface area contributed by atoms with E-state index in [4.69, 9.17) is 0 Å². The first-order valence-electron chi connectivity index (χ1n) is 7.14. The van der Waals surface area contributed by atoms with Crippen molar-refractivity contribution in [1.29, 1.82) is 0 Å². The summed E-state index contributed by atoms with van der Waals surface area (Å²) >= 11 is 0. The van der Waals surface area contributed by atoms with Crippen molar-refractivity contribution < 1.29 is 0 Å². The predicted molar refractivity (Wildman–Crippen MR) is 89.2 cm³/mol. The molecule has 98 valence electrons. The van der Waals surface area contributed by atoms with E-state index < -0.39 is 0 Å². The third-order valence-corrected chi connectivity index (χ3v) is 3.81. The lowest BCUT2D eigenvalue weighted by Gasteiger charge is -2.13. The Balaban J connectivity index is 2.16. The van der Waals surface area contributed by atoms with Crippen molar-refractivity contribution in [3.8, 4) is 0 Å². The summed E-state index contributed by atoms with van der Waals surface area (Å²) in [6.07, 6.45) is 12.1. The summed E-state index contributed by atoms with van der Waals surface area (Å²) in [5.74, 6) is 0. The number of fused-ring (bicyclic) bond motifs is 2. The van der Waals surface area contributed by atoms with Crippen molar-refractivity contribution in [2.24, 2.45) is 0 Å². The van der Waals surface area contributed by atoms with Gasteiger partial charge in [-0.3, -0.25) is 0 Å². The maximum atomic E-state index is 3.59. The monoisotopic (exact) mass is 266 g/mol. The molecule has 0 radical (unpaired) electrons. The summed E-state index contributed by atoms with van der Waals surface area (Å²) in [6, 6.07) is 21.1. The van der Waals surface area contributed by atoms with E-state index in [0.717, 1.165) is 5.56 Å². The van der Waals surface area contributed by atoms with Gasteiger partial charge in [-0.25, -0.2) is 0 Å². The van der Waals surface area contributed by atoms with E-state index in [-0.39, 0.29) is 0 Å². The predicted octanol–water partition coefficient (Wildman–Crippen LogP) is 3.45. The van der Waals surface area contributed by atoms with Crippen LogP contribution in [0.25, 0.3) is 22.9 Å². The molecule has 0 spiro atoms.